The van der Waals surface area contributed by atoms with Gasteiger partial charge in [-0.2, -0.15) is 20.1 Å². The van der Waals surface area contributed by atoms with E-state index in [0.29, 0.717) is 49.9 Å². The molecule has 5 rings (SSSR count). The lowest BCUT2D eigenvalue weighted by Crippen LogP contribution is -2.37. The number of hydrogen-bond donors (Lipinski definition) is 2. The molecule has 2 N–H and O–H groups in total. The number of nitrogens with zero attached hydrogens (tertiary/aromatic N) is 5. The number of rotatable bonds is 6. The van der Waals surface area contributed by atoms with E-state index in [1.165, 1.54) is 0 Å². The maximum absolute atomic E-state index is 5.46. The summed E-state index contributed by atoms with van der Waals surface area (Å²) in [7, 11) is 0. The summed E-state index contributed by atoms with van der Waals surface area (Å²) in [5, 5.41) is 7.56. The molecule has 0 aliphatic carbocycles. The summed E-state index contributed by atoms with van der Waals surface area (Å²) in [6, 6.07) is 11.6. The van der Waals surface area contributed by atoms with Crippen molar-refractivity contribution in [1.82, 2.24) is 15.0 Å². The topological polar surface area (TPSA) is 106 Å². The summed E-state index contributed by atoms with van der Waals surface area (Å²) in [6.07, 6.45) is 1.67. The zero-order valence-corrected chi connectivity index (χ0v) is 20.7. The Kier molecular flexibility index (Phi) is 7.66. The van der Waals surface area contributed by atoms with Crippen LogP contribution in [0.2, 0.25) is 0 Å². The molecule has 2 aliphatic rings. The van der Waals surface area contributed by atoms with Crippen LogP contribution in [0.4, 0.5) is 23.5 Å². The Morgan fingerprint density at radius 1 is 1.00 bits per heavy atom. The highest BCUT2D eigenvalue weighted by molar-refractivity contribution is 9.10. The van der Waals surface area contributed by atoms with Gasteiger partial charge < -0.3 is 24.4 Å². The lowest BCUT2D eigenvalue weighted by Gasteiger charge is -2.27. The first-order chi connectivity index (χ1) is 16.1. The Labute approximate surface area is 211 Å². The molecule has 2 aromatic carbocycles. The average Bonchev–Trinajstić information content (AvgIpc) is 3.29. The van der Waals surface area contributed by atoms with Gasteiger partial charge in [0.05, 0.1) is 25.1 Å². The molecule has 178 valence electrons. The van der Waals surface area contributed by atoms with Crippen LogP contribution in [-0.2, 0) is 4.74 Å². The van der Waals surface area contributed by atoms with Crippen molar-refractivity contribution in [3.05, 3.63) is 52.0 Å². The van der Waals surface area contributed by atoms with Gasteiger partial charge >= 0.3 is 0 Å². The fourth-order valence-electron chi connectivity index (χ4n) is 3.38. The van der Waals surface area contributed by atoms with E-state index < -0.39 is 0 Å². The van der Waals surface area contributed by atoms with Gasteiger partial charge in [-0.3, -0.25) is 0 Å². The van der Waals surface area contributed by atoms with Crippen molar-refractivity contribution in [3.63, 3.8) is 0 Å². The van der Waals surface area contributed by atoms with Gasteiger partial charge in [-0.25, -0.2) is 5.43 Å². The van der Waals surface area contributed by atoms with Crippen molar-refractivity contribution >= 4 is 58.1 Å². The van der Waals surface area contributed by atoms with Gasteiger partial charge in [0.15, 0.2) is 11.5 Å². The molecule has 0 amide bonds. The van der Waals surface area contributed by atoms with Crippen molar-refractivity contribution in [2.24, 2.45) is 5.10 Å². The first-order valence-corrected chi connectivity index (χ1v) is 11.2. The van der Waals surface area contributed by atoms with Crippen LogP contribution in [0.3, 0.4) is 0 Å². The molecule has 0 spiro atoms. The quantitative estimate of drug-likeness (QED) is 0.347. The highest BCUT2D eigenvalue weighted by atomic mass is 79.9. The van der Waals surface area contributed by atoms with E-state index in [1.54, 1.807) is 6.21 Å². The highest BCUT2D eigenvalue weighted by Gasteiger charge is 2.17. The van der Waals surface area contributed by atoms with E-state index in [-0.39, 0.29) is 19.2 Å². The summed E-state index contributed by atoms with van der Waals surface area (Å²) in [6.45, 7) is 4.94. The van der Waals surface area contributed by atoms with Gasteiger partial charge in [-0.1, -0.05) is 6.07 Å². The summed E-state index contributed by atoms with van der Waals surface area (Å²) in [4.78, 5) is 15.7. The molecule has 12 heteroatoms. The Hall–Kier alpha value is -3.15. The number of hydrogen-bond acceptors (Lipinski definition) is 10. The summed E-state index contributed by atoms with van der Waals surface area (Å²) >= 11 is 3.59. The number of ether oxygens (including phenoxy) is 3. The highest BCUT2D eigenvalue weighted by Crippen LogP contribution is 2.32. The molecule has 34 heavy (non-hydrogen) atoms. The average molecular weight is 549 g/mol. The van der Waals surface area contributed by atoms with Gasteiger partial charge in [-0.15, -0.1) is 12.4 Å². The van der Waals surface area contributed by atoms with E-state index in [9.17, 15) is 0 Å². The number of halogens is 2. The molecule has 2 aliphatic heterocycles. The minimum Gasteiger partial charge on any atom is -0.454 e. The second-order valence-corrected chi connectivity index (χ2v) is 8.33. The van der Waals surface area contributed by atoms with E-state index in [1.807, 2.05) is 43.3 Å². The number of morpholine rings is 1. The molecule has 3 heterocycles. The third-order valence-electron chi connectivity index (χ3n) is 5.06. The number of nitrogens with one attached hydrogen (secondary N) is 2. The summed E-state index contributed by atoms with van der Waals surface area (Å²) in [5.41, 5.74) is 5.78. The standard InChI is InChI=1S/C22H22BrN7O3.ClH/c1-14-2-4-17(16(23)10-14)25-20-26-21(28-22(27-20)30-6-8-31-9-7-30)29-24-12-15-3-5-18-19(11-15)33-13-32-18;/h2-5,10-12H,6-9,13H2,1H3,(H2,25,26,27,28,29);1H/b24-12+;. The van der Waals surface area contributed by atoms with Crippen LogP contribution in [0.25, 0.3) is 0 Å². The molecule has 0 saturated carbocycles. The number of benzene rings is 2. The van der Waals surface area contributed by atoms with E-state index in [0.717, 1.165) is 27.0 Å². The van der Waals surface area contributed by atoms with Gasteiger partial charge in [0.25, 0.3) is 0 Å². The van der Waals surface area contributed by atoms with Crippen LogP contribution < -0.4 is 25.1 Å². The SMILES string of the molecule is Cc1ccc(Nc2nc(N/N=C/c3ccc4c(c3)OCO4)nc(N3CCOCC3)n2)c(Br)c1.Cl. The minimum atomic E-state index is 0. The van der Waals surface area contributed by atoms with E-state index >= 15 is 0 Å². The number of aromatic nitrogens is 3. The second-order valence-electron chi connectivity index (χ2n) is 7.47. The normalized spacial score (nSPS) is 14.7. The number of fused-ring (bicyclic) bond motifs is 1. The van der Waals surface area contributed by atoms with Crippen molar-refractivity contribution in [2.75, 3.05) is 48.7 Å². The lowest BCUT2D eigenvalue weighted by molar-refractivity contribution is 0.122. The Bertz CT molecular complexity index is 1190. The van der Waals surface area contributed by atoms with E-state index in [2.05, 4.69) is 51.6 Å². The van der Waals surface area contributed by atoms with E-state index in [4.69, 9.17) is 14.2 Å². The van der Waals surface area contributed by atoms with Crippen LogP contribution in [0.1, 0.15) is 11.1 Å². The largest absolute Gasteiger partial charge is 0.454 e. The smallest absolute Gasteiger partial charge is 0.250 e. The first-order valence-electron chi connectivity index (χ1n) is 10.4. The number of aryl methyl sites for hydroxylation is 1. The summed E-state index contributed by atoms with van der Waals surface area (Å²) < 4.78 is 17.1. The monoisotopic (exact) mass is 547 g/mol. The maximum Gasteiger partial charge on any atom is 0.250 e. The van der Waals surface area contributed by atoms with Crippen LogP contribution in [0.15, 0.2) is 46.0 Å². The zero-order chi connectivity index (χ0) is 22.6. The molecule has 0 unspecified atom stereocenters. The van der Waals surface area contributed by atoms with Gasteiger partial charge in [-0.05, 0) is 64.3 Å². The maximum atomic E-state index is 5.46. The van der Waals surface area contributed by atoms with Crippen LogP contribution in [0.5, 0.6) is 11.5 Å². The predicted octanol–water partition coefficient (Wildman–Crippen LogP) is 4.12. The van der Waals surface area contributed by atoms with Crippen LogP contribution in [0, 0.1) is 6.92 Å². The van der Waals surface area contributed by atoms with Crippen LogP contribution in [-0.4, -0.2) is 54.3 Å². The number of hydrazone groups is 1. The molecule has 0 atom stereocenters. The molecule has 3 aromatic rings. The van der Waals surface area contributed by atoms with Crippen LogP contribution >= 0.6 is 28.3 Å². The molecular formula is C22H23BrClN7O3. The molecular weight excluding hydrogens is 526 g/mol. The molecule has 0 bridgehead atoms. The molecule has 1 fully saturated rings. The molecule has 1 saturated heterocycles. The fraction of sp³-hybridized carbons (Fsp3) is 0.273. The number of anilines is 4. The summed E-state index contributed by atoms with van der Waals surface area (Å²) in [5.74, 6) is 2.72. The van der Waals surface area contributed by atoms with Crippen molar-refractivity contribution < 1.29 is 14.2 Å². The van der Waals surface area contributed by atoms with Gasteiger partial charge in [0.1, 0.15) is 0 Å². The minimum absolute atomic E-state index is 0. The van der Waals surface area contributed by atoms with Crippen molar-refractivity contribution in [1.29, 1.82) is 0 Å². The predicted molar refractivity (Wildman–Crippen MR) is 136 cm³/mol. The molecule has 10 nitrogen and oxygen atoms in total. The lowest BCUT2D eigenvalue weighted by atomic mass is 10.2. The molecule has 0 radical (unpaired) electrons. The third kappa shape index (κ3) is 5.66. The Morgan fingerprint density at radius 2 is 1.79 bits per heavy atom. The first kappa shape index (κ1) is 24.0. The molecule has 1 aromatic heterocycles. The van der Waals surface area contributed by atoms with Crippen molar-refractivity contribution in [2.45, 2.75) is 6.92 Å². The van der Waals surface area contributed by atoms with Crippen molar-refractivity contribution in [3.8, 4) is 11.5 Å². The van der Waals surface area contributed by atoms with Gasteiger partial charge in [0, 0.05) is 17.6 Å². The zero-order valence-electron chi connectivity index (χ0n) is 18.3. The Balaban J connectivity index is 0.00000274. The third-order valence-corrected chi connectivity index (χ3v) is 5.72. The van der Waals surface area contributed by atoms with Gasteiger partial charge in [0.2, 0.25) is 24.6 Å². The fourth-order valence-corrected chi connectivity index (χ4v) is 3.97. The second kappa shape index (κ2) is 10.9. The Morgan fingerprint density at radius 3 is 2.62 bits per heavy atom.